The van der Waals surface area contributed by atoms with E-state index in [0.29, 0.717) is 22.2 Å². The van der Waals surface area contributed by atoms with Gasteiger partial charge in [0.25, 0.3) is 0 Å². The Bertz CT molecular complexity index is 5700. The van der Waals surface area contributed by atoms with Crippen molar-refractivity contribution in [3.63, 3.8) is 0 Å². The first-order valence-corrected chi connectivity index (χ1v) is 33.1. The van der Waals surface area contributed by atoms with E-state index < -0.39 is 179 Å². The number of halogens is 12. The number of aromatic nitrogens is 8. The van der Waals surface area contributed by atoms with Crippen LogP contribution >= 0.6 is 100 Å². The van der Waals surface area contributed by atoms with Crippen LogP contribution in [-0.4, -0.2) is 91.3 Å². The molecule has 0 spiro atoms. The Morgan fingerprint density at radius 1 is 0.455 bits per heavy atom. The van der Waals surface area contributed by atoms with Gasteiger partial charge in [0.1, 0.15) is 56.9 Å². The van der Waals surface area contributed by atoms with Crippen molar-refractivity contribution in [1.29, 1.82) is 0 Å². The minimum absolute atomic E-state index is 0. The molecule has 528 valence electrons. The van der Waals surface area contributed by atoms with Crippen molar-refractivity contribution in [2.75, 3.05) is 0 Å². The molecule has 8 heterocycles. The van der Waals surface area contributed by atoms with Crippen molar-refractivity contribution in [2.45, 2.75) is 99.6 Å². The van der Waals surface area contributed by atoms with Gasteiger partial charge >= 0.3 is 12.4 Å². The summed E-state index contributed by atoms with van der Waals surface area (Å²) in [6.07, 6.45) is -16.8. The van der Waals surface area contributed by atoms with Crippen LogP contribution in [-0.2, 0) is 12.4 Å². The molecule has 12 rings (SSSR count). The second-order valence-electron chi connectivity index (χ2n) is 21.8. The van der Waals surface area contributed by atoms with Gasteiger partial charge in [-0.15, -0.1) is 0 Å². The van der Waals surface area contributed by atoms with Gasteiger partial charge in [0.15, 0.2) is 0 Å². The van der Waals surface area contributed by atoms with Gasteiger partial charge in [-0.25, -0.2) is 19.9 Å². The molecule has 0 aliphatic carbocycles. The number of hydrogen-bond acceptors (Lipinski definition) is 14. The van der Waals surface area contributed by atoms with Crippen LogP contribution in [0, 0.1) is 34.8 Å². The average molecular weight is 1800 g/mol. The molecule has 18 nitrogen and oxygen atoms in total. The van der Waals surface area contributed by atoms with Crippen LogP contribution in [0.5, 0.6) is 11.5 Å². The van der Waals surface area contributed by atoms with E-state index >= 15 is 0 Å². The Balaban J connectivity index is 0.000000191. The van der Waals surface area contributed by atoms with E-state index in [1.807, 2.05) is 13.8 Å². The van der Waals surface area contributed by atoms with Crippen LogP contribution in [0.1, 0.15) is 199 Å². The number of imidazole rings is 4. The second-order valence-corrected chi connectivity index (χ2v) is 26.7. The summed E-state index contributed by atoms with van der Waals surface area (Å²) in [4.78, 5) is 69.1. The summed E-state index contributed by atoms with van der Waals surface area (Å²) >= 11 is 22.5. The Hall–Kier alpha value is -7.66. The predicted octanol–water partition coefficient (Wildman–Crippen LogP) is 17.8. The topological polar surface area (TPSA) is 259 Å². The molecule has 0 bridgehead atoms. The number of alkyl halides is 6. The summed E-state index contributed by atoms with van der Waals surface area (Å²) in [6, 6.07) is 4.29. The number of carbonyl (C=O) groups excluding carboxylic acids is 4. The van der Waals surface area contributed by atoms with Crippen LogP contribution in [0.3, 0.4) is 0 Å². The van der Waals surface area contributed by atoms with E-state index in [1.165, 1.54) is 65.8 Å². The molecule has 101 heavy (non-hydrogen) atoms. The van der Waals surface area contributed by atoms with Gasteiger partial charge in [-0.1, -0.05) is 74.6 Å². The molecule has 0 saturated carbocycles. The number of pyridine rings is 4. The molecule has 4 aromatic carbocycles. The first-order valence-electron chi connectivity index (χ1n) is 35.6. The summed E-state index contributed by atoms with van der Waals surface area (Å²) in [6.45, 7) is 11.5. The van der Waals surface area contributed by atoms with E-state index in [-0.39, 0.29) is 107 Å². The number of nitrogens with zero attached hydrogens (tertiary/aromatic N) is 8. The normalized spacial score (nSPS) is 14.7. The lowest BCUT2D eigenvalue weighted by molar-refractivity contribution is -0.138. The number of rotatable bonds is 12. The van der Waals surface area contributed by atoms with Crippen molar-refractivity contribution in [2.24, 2.45) is 0 Å². The molecular weight excluding hydrogens is 1720 g/mol. The molecular formula is C71H60Br2Cl2F6I2N8O10. The molecule has 12 aromatic rings. The highest BCUT2D eigenvalue weighted by atomic mass is 127. The summed E-state index contributed by atoms with van der Waals surface area (Å²) < 4.78 is 197. The average Bonchev–Trinajstić information content (AvgIpc) is 1.62. The SMILES string of the molecule is C.[2H]c1c(O)c([2H])c2nc(C(C)O)c(C(=O)c3cc(Br)c(C)c(C(F)(F)F)c3)n2c1[2H].[2H]c1c(O)c([2H])c2nc(C(C)O)c(C(=O)c3cc(Cl)c(C)c(I)c3)n2c1[2H].[2H]c1c([2H])c([2H])n2c(C(=O)c3cc(Br)c(C)c(C(F)(F)F)c3)c(C(C)O)nc2c1[2H].[2H]c1c([2H])c([2H])n2c(C(=O)c3cc(Cl)c(C)c(I)c3)c(C(C)O)nc2c1[2H]. The molecule has 4 unspecified atom stereocenters. The number of aromatic hydroxyl groups is 2. The third kappa shape index (κ3) is 16.7. The lowest BCUT2D eigenvalue weighted by atomic mass is 9.99. The summed E-state index contributed by atoms with van der Waals surface area (Å²) in [5.74, 6) is -4.62. The highest BCUT2D eigenvalue weighted by molar-refractivity contribution is 14.1. The molecule has 8 aromatic heterocycles. The zero-order chi connectivity index (χ0) is 85.8. The number of hydrogen-bond donors (Lipinski definition) is 6. The van der Waals surface area contributed by atoms with Crippen molar-refractivity contribution in [1.82, 2.24) is 37.5 Å². The maximum Gasteiger partial charge on any atom is 0.416 e. The van der Waals surface area contributed by atoms with Gasteiger partial charge in [-0.05, 0) is 208 Å². The Labute approximate surface area is 646 Å². The van der Waals surface area contributed by atoms with Gasteiger partial charge in [-0.3, -0.25) is 36.8 Å². The zero-order valence-corrected chi connectivity index (χ0v) is 61.4. The first kappa shape index (κ1) is 60.9. The van der Waals surface area contributed by atoms with Crippen molar-refractivity contribution in [3.8, 4) is 11.5 Å². The fourth-order valence-corrected chi connectivity index (χ4v) is 12.6. The Kier molecular flexibility index (Phi) is 19.0. The van der Waals surface area contributed by atoms with Crippen LogP contribution in [0.15, 0.2) is 143 Å². The molecule has 0 fully saturated rings. The lowest BCUT2D eigenvalue weighted by Crippen LogP contribution is -2.14. The molecule has 6 N–H and O–H groups in total. The maximum absolute atomic E-state index is 13.4. The monoisotopic (exact) mass is 1790 g/mol. The standard InChI is InChI=1S/C18H14BrF3N2O3.C18H14BrF3N2O2.C17H14ClIN2O3.C17H14ClIN2O2.CH4/c1-8-12(18(20,21)22)5-10(6-13(8)19)17(27)16-15(9(2)25)23-14-7-11(26)3-4-24(14)16;1-9-12(18(20,21)22)7-11(8-13(9)19)17(26)16-15(10(2)25)23-14-5-3-4-6-24(14)16;1-8-12(18)5-10(6-13(8)19)17(24)16-15(9(2)22)20-14-7-11(23)3-4-21(14)16;1-9-12(18)7-11(8-13(9)19)17(23)16-15(10(2)22)20-14-5-3-4-6-21(14)16;/h3-7,9,25-26H,1-2H3;3-8,10,25H,1-2H3;3-7,9,22-23H,1-2H3;3-8,10,22H,1-2H3;1H4/i3D,4D,7D;3D,4D,5D,6D;3D,4D,7D;3D,4D,5D,6D;. The molecule has 0 radical (unpaired) electrons. The molecule has 0 aliphatic heterocycles. The zero-order valence-electron chi connectivity index (χ0n) is 66.4. The van der Waals surface area contributed by atoms with Gasteiger partial charge in [0.2, 0.25) is 23.1 Å². The fraction of sp³-hybridized carbons (Fsp3) is 0.211. The van der Waals surface area contributed by atoms with Crippen LogP contribution in [0.4, 0.5) is 26.3 Å². The van der Waals surface area contributed by atoms with E-state index in [9.17, 15) is 76.2 Å². The third-order valence-electron chi connectivity index (χ3n) is 14.8. The van der Waals surface area contributed by atoms with Crippen LogP contribution < -0.4 is 0 Å². The fourth-order valence-electron chi connectivity index (χ4n) is 9.70. The largest absolute Gasteiger partial charge is 0.508 e. The number of aliphatic hydroxyl groups is 4. The number of ketones is 4. The second kappa shape index (κ2) is 31.5. The molecule has 30 heteroatoms. The van der Waals surface area contributed by atoms with Gasteiger partial charge in [0, 0.05) is 85.2 Å². The highest BCUT2D eigenvalue weighted by Crippen LogP contribution is 2.40. The quantitative estimate of drug-likeness (QED) is 0.0378. The van der Waals surface area contributed by atoms with Crippen LogP contribution in [0.2, 0.25) is 10.0 Å². The van der Waals surface area contributed by atoms with Gasteiger partial charge < -0.3 is 30.6 Å². The van der Waals surface area contributed by atoms with Gasteiger partial charge in [-0.2, -0.15) is 26.3 Å². The van der Waals surface area contributed by atoms with Gasteiger partial charge in [0.05, 0.1) is 77.5 Å². The summed E-state index contributed by atoms with van der Waals surface area (Å²) in [5, 5.41) is 60.8. The van der Waals surface area contributed by atoms with Crippen LogP contribution in [0.25, 0.3) is 22.6 Å². The van der Waals surface area contributed by atoms with E-state index in [2.05, 4.69) is 97.0 Å². The minimum atomic E-state index is -4.73. The highest BCUT2D eigenvalue weighted by Gasteiger charge is 2.37. The predicted molar refractivity (Wildman–Crippen MR) is 393 cm³/mol. The third-order valence-corrected chi connectivity index (χ3v) is 19.5. The first-order chi connectivity index (χ1) is 52.6. The molecule has 0 saturated heterocycles. The van der Waals surface area contributed by atoms with Crippen molar-refractivity contribution >= 4 is 146 Å². The smallest absolute Gasteiger partial charge is 0.416 e. The number of benzene rings is 4. The molecule has 4 atom stereocenters. The van der Waals surface area contributed by atoms with E-state index in [4.69, 9.17) is 42.4 Å². The summed E-state index contributed by atoms with van der Waals surface area (Å²) in [7, 11) is 0. The number of carbonyl (C=O) groups is 4. The Morgan fingerprint density at radius 2 is 0.733 bits per heavy atom. The maximum atomic E-state index is 13.4. The van der Waals surface area contributed by atoms with E-state index in [0.717, 1.165) is 35.9 Å². The van der Waals surface area contributed by atoms with Crippen molar-refractivity contribution in [3.05, 3.63) is 261 Å². The lowest BCUT2D eigenvalue weighted by Gasteiger charge is -2.14. The van der Waals surface area contributed by atoms with E-state index in [1.54, 1.807) is 12.1 Å². The minimum Gasteiger partial charge on any atom is -0.508 e. The number of aliphatic hydroxyl groups excluding tert-OH is 4. The number of fused-ring (bicyclic) bond motifs is 4. The Morgan fingerprint density at radius 3 is 1.01 bits per heavy atom. The molecule has 0 amide bonds. The molecule has 0 aliphatic rings. The summed E-state index contributed by atoms with van der Waals surface area (Å²) in [5.41, 5.74) is -3.74. The van der Waals surface area contributed by atoms with Crippen molar-refractivity contribution < 1.29 is 95.4 Å².